The molecule has 0 atom stereocenters. The maximum absolute atomic E-state index is 9.81. The molecule has 0 bridgehead atoms. The number of methoxy groups -OCH3 is 2. The molecule has 0 aliphatic carbocycles. The molecule has 4 heteroatoms. The Labute approximate surface area is 125 Å². The van der Waals surface area contributed by atoms with Crippen LogP contribution in [-0.2, 0) is 13.1 Å². The van der Waals surface area contributed by atoms with Gasteiger partial charge in [0.05, 0.1) is 14.2 Å². The van der Waals surface area contributed by atoms with E-state index in [0.717, 1.165) is 28.2 Å². The second-order valence-electron chi connectivity index (χ2n) is 4.93. The first-order valence-electron chi connectivity index (χ1n) is 6.84. The molecule has 0 aliphatic rings. The van der Waals surface area contributed by atoms with Gasteiger partial charge in [-0.15, -0.1) is 0 Å². The van der Waals surface area contributed by atoms with E-state index >= 15 is 0 Å². The third-order valence-corrected chi connectivity index (χ3v) is 3.33. The molecule has 0 fully saturated rings. The number of rotatable bonds is 6. The number of aromatic hydroxyl groups is 1. The zero-order chi connectivity index (χ0) is 15.2. The van der Waals surface area contributed by atoms with Crippen molar-refractivity contribution < 1.29 is 14.6 Å². The summed E-state index contributed by atoms with van der Waals surface area (Å²) in [5.41, 5.74) is 3.13. The molecule has 112 valence electrons. The van der Waals surface area contributed by atoms with E-state index in [1.54, 1.807) is 20.3 Å². The van der Waals surface area contributed by atoms with Gasteiger partial charge in [-0.1, -0.05) is 23.8 Å². The highest BCUT2D eigenvalue weighted by molar-refractivity contribution is 5.43. The lowest BCUT2D eigenvalue weighted by Crippen LogP contribution is -2.13. The first-order valence-corrected chi connectivity index (χ1v) is 6.84. The van der Waals surface area contributed by atoms with E-state index in [1.165, 1.54) is 0 Å². The maximum atomic E-state index is 9.81. The lowest BCUT2D eigenvalue weighted by atomic mass is 10.1. The smallest absolute Gasteiger partial charge is 0.161 e. The second-order valence-corrected chi connectivity index (χ2v) is 4.93. The minimum Gasteiger partial charge on any atom is -0.508 e. The molecular weight excluding hydrogens is 266 g/mol. The molecule has 0 aliphatic heterocycles. The van der Waals surface area contributed by atoms with Crippen molar-refractivity contribution in [3.63, 3.8) is 0 Å². The van der Waals surface area contributed by atoms with Gasteiger partial charge in [0.1, 0.15) is 5.75 Å². The fraction of sp³-hybridized carbons (Fsp3) is 0.294. The molecular formula is C17H21NO3. The lowest BCUT2D eigenvalue weighted by molar-refractivity contribution is 0.354. The Morgan fingerprint density at radius 1 is 0.952 bits per heavy atom. The summed E-state index contributed by atoms with van der Waals surface area (Å²) in [4.78, 5) is 0. The van der Waals surface area contributed by atoms with E-state index in [2.05, 4.69) is 5.32 Å². The van der Waals surface area contributed by atoms with Crippen LogP contribution >= 0.6 is 0 Å². The Bertz CT molecular complexity index is 611. The zero-order valence-electron chi connectivity index (χ0n) is 12.6. The Balaban J connectivity index is 1.98. The summed E-state index contributed by atoms with van der Waals surface area (Å²) < 4.78 is 10.5. The Morgan fingerprint density at radius 3 is 2.43 bits per heavy atom. The SMILES string of the molecule is COc1ccc(CNCc2cc(C)ccc2O)cc1OC. The van der Waals surface area contributed by atoms with Gasteiger partial charge in [0, 0.05) is 18.7 Å². The molecule has 0 radical (unpaired) electrons. The van der Waals surface area contributed by atoms with Crippen LogP contribution in [0, 0.1) is 6.92 Å². The highest BCUT2D eigenvalue weighted by atomic mass is 16.5. The number of nitrogens with one attached hydrogen (secondary N) is 1. The quantitative estimate of drug-likeness (QED) is 0.857. The third-order valence-electron chi connectivity index (χ3n) is 3.33. The number of hydrogen-bond acceptors (Lipinski definition) is 4. The van der Waals surface area contributed by atoms with Crippen molar-refractivity contribution in [2.24, 2.45) is 0 Å². The van der Waals surface area contributed by atoms with E-state index in [-0.39, 0.29) is 0 Å². The van der Waals surface area contributed by atoms with Crippen molar-refractivity contribution >= 4 is 0 Å². The Hall–Kier alpha value is -2.20. The number of phenols is 1. The van der Waals surface area contributed by atoms with E-state index in [9.17, 15) is 5.11 Å². The third kappa shape index (κ3) is 3.89. The lowest BCUT2D eigenvalue weighted by Gasteiger charge is -2.11. The van der Waals surface area contributed by atoms with Crippen LogP contribution in [0.4, 0.5) is 0 Å². The monoisotopic (exact) mass is 287 g/mol. The number of phenolic OH excluding ortho intramolecular Hbond substituents is 1. The summed E-state index contributed by atoms with van der Waals surface area (Å²) in [7, 11) is 3.25. The fourth-order valence-corrected chi connectivity index (χ4v) is 2.19. The minimum absolute atomic E-state index is 0.320. The van der Waals surface area contributed by atoms with Crippen LogP contribution in [0.5, 0.6) is 17.2 Å². The average molecular weight is 287 g/mol. The van der Waals surface area contributed by atoms with Crippen LogP contribution in [-0.4, -0.2) is 19.3 Å². The average Bonchev–Trinajstić information content (AvgIpc) is 2.50. The van der Waals surface area contributed by atoms with Crippen molar-refractivity contribution in [1.82, 2.24) is 5.32 Å². The summed E-state index contributed by atoms with van der Waals surface area (Å²) in [5, 5.41) is 13.1. The van der Waals surface area contributed by atoms with Gasteiger partial charge in [0.25, 0.3) is 0 Å². The Kier molecular flexibility index (Phi) is 5.06. The van der Waals surface area contributed by atoms with Crippen molar-refractivity contribution in [3.8, 4) is 17.2 Å². The number of benzene rings is 2. The normalized spacial score (nSPS) is 10.4. The number of ether oxygens (including phenoxy) is 2. The van der Waals surface area contributed by atoms with Gasteiger partial charge in [-0.25, -0.2) is 0 Å². The van der Waals surface area contributed by atoms with Crippen LogP contribution < -0.4 is 14.8 Å². The van der Waals surface area contributed by atoms with E-state index in [0.29, 0.717) is 18.8 Å². The van der Waals surface area contributed by atoms with Crippen molar-refractivity contribution in [2.45, 2.75) is 20.0 Å². The number of hydrogen-bond donors (Lipinski definition) is 2. The number of aryl methyl sites for hydroxylation is 1. The molecule has 0 unspecified atom stereocenters. The highest BCUT2D eigenvalue weighted by Gasteiger charge is 2.05. The summed E-state index contributed by atoms with van der Waals surface area (Å²) in [5.74, 6) is 1.76. The van der Waals surface area contributed by atoms with Gasteiger partial charge in [0.2, 0.25) is 0 Å². The summed E-state index contributed by atoms with van der Waals surface area (Å²) in [6.07, 6.45) is 0. The van der Waals surface area contributed by atoms with Crippen LogP contribution in [0.2, 0.25) is 0 Å². The standard InChI is InChI=1S/C17H21NO3/c1-12-4-6-15(19)14(8-12)11-18-10-13-5-7-16(20-2)17(9-13)21-3/h4-9,18-19H,10-11H2,1-3H3. The topological polar surface area (TPSA) is 50.7 Å². The molecule has 0 saturated heterocycles. The molecule has 2 N–H and O–H groups in total. The van der Waals surface area contributed by atoms with Gasteiger partial charge >= 0.3 is 0 Å². The second kappa shape index (κ2) is 6.99. The summed E-state index contributed by atoms with van der Waals surface area (Å²) in [6, 6.07) is 11.4. The van der Waals surface area contributed by atoms with E-state index < -0.39 is 0 Å². The van der Waals surface area contributed by atoms with E-state index in [1.807, 2.05) is 37.3 Å². The molecule has 2 rings (SSSR count). The van der Waals surface area contributed by atoms with Gasteiger partial charge in [-0.05, 0) is 30.7 Å². The van der Waals surface area contributed by atoms with Crippen molar-refractivity contribution in [2.75, 3.05) is 14.2 Å². The highest BCUT2D eigenvalue weighted by Crippen LogP contribution is 2.27. The van der Waals surface area contributed by atoms with Gasteiger partial charge in [0.15, 0.2) is 11.5 Å². The predicted octanol–water partition coefficient (Wildman–Crippen LogP) is 3.01. The Morgan fingerprint density at radius 2 is 1.71 bits per heavy atom. The van der Waals surface area contributed by atoms with Gasteiger partial charge in [-0.2, -0.15) is 0 Å². The van der Waals surface area contributed by atoms with Crippen LogP contribution in [0.3, 0.4) is 0 Å². The largest absolute Gasteiger partial charge is 0.508 e. The maximum Gasteiger partial charge on any atom is 0.161 e. The fourth-order valence-electron chi connectivity index (χ4n) is 2.19. The molecule has 2 aromatic rings. The molecule has 0 amide bonds. The first kappa shape index (κ1) is 15.2. The van der Waals surface area contributed by atoms with Crippen molar-refractivity contribution in [1.29, 1.82) is 0 Å². The van der Waals surface area contributed by atoms with Crippen molar-refractivity contribution in [3.05, 3.63) is 53.1 Å². The molecule has 21 heavy (non-hydrogen) atoms. The van der Waals surface area contributed by atoms with E-state index in [4.69, 9.17) is 9.47 Å². The molecule has 0 heterocycles. The molecule has 0 aromatic heterocycles. The minimum atomic E-state index is 0.320. The summed E-state index contributed by atoms with van der Waals surface area (Å²) >= 11 is 0. The summed E-state index contributed by atoms with van der Waals surface area (Å²) in [6.45, 7) is 3.31. The molecule has 0 saturated carbocycles. The van der Waals surface area contributed by atoms with Crippen LogP contribution in [0.15, 0.2) is 36.4 Å². The first-order chi connectivity index (χ1) is 10.1. The zero-order valence-corrected chi connectivity index (χ0v) is 12.6. The molecule has 2 aromatic carbocycles. The van der Waals surface area contributed by atoms with Crippen LogP contribution in [0.1, 0.15) is 16.7 Å². The molecule has 0 spiro atoms. The molecule has 4 nitrogen and oxygen atoms in total. The predicted molar refractivity (Wildman–Crippen MR) is 82.9 cm³/mol. The van der Waals surface area contributed by atoms with Gasteiger partial charge < -0.3 is 19.9 Å². The van der Waals surface area contributed by atoms with Crippen LogP contribution in [0.25, 0.3) is 0 Å². The van der Waals surface area contributed by atoms with Gasteiger partial charge in [-0.3, -0.25) is 0 Å².